The molecule has 0 spiro atoms. The third kappa shape index (κ3) is 3.10. The Balaban J connectivity index is 2.23. The molecule has 23 heavy (non-hydrogen) atoms. The molecule has 4 nitrogen and oxygen atoms in total. The van der Waals surface area contributed by atoms with E-state index in [0.717, 1.165) is 21.9 Å². The summed E-state index contributed by atoms with van der Waals surface area (Å²) in [7, 11) is 0. The predicted molar refractivity (Wildman–Crippen MR) is 98.5 cm³/mol. The first-order chi connectivity index (χ1) is 11.0. The SMILES string of the molecule is Cc1nsc2nc([C@H](Br)C(C)C)n(Cc3ccccc3)c(=O)c12. The van der Waals surface area contributed by atoms with E-state index in [1.807, 2.05) is 37.3 Å². The van der Waals surface area contributed by atoms with Crippen molar-refractivity contribution in [3.05, 3.63) is 57.8 Å². The quantitative estimate of drug-likeness (QED) is 0.622. The number of rotatable bonds is 4. The molecule has 3 rings (SSSR count). The second-order valence-corrected chi connectivity index (χ2v) is 7.68. The number of alkyl halides is 1. The van der Waals surface area contributed by atoms with Crippen LogP contribution in [0, 0.1) is 12.8 Å². The van der Waals surface area contributed by atoms with E-state index in [9.17, 15) is 4.79 Å². The summed E-state index contributed by atoms with van der Waals surface area (Å²) in [5.41, 5.74) is 1.83. The topological polar surface area (TPSA) is 47.8 Å². The maximum Gasteiger partial charge on any atom is 0.264 e. The maximum absolute atomic E-state index is 13.0. The molecule has 120 valence electrons. The summed E-state index contributed by atoms with van der Waals surface area (Å²) in [5, 5.41) is 0.637. The molecule has 0 fully saturated rings. The second kappa shape index (κ2) is 6.53. The van der Waals surface area contributed by atoms with Crippen LogP contribution in [0.4, 0.5) is 0 Å². The first kappa shape index (κ1) is 16.3. The third-order valence-electron chi connectivity index (χ3n) is 3.81. The van der Waals surface area contributed by atoms with Gasteiger partial charge < -0.3 is 0 Å². The number of nitrogens with zero attached hydrogens (tertiary/aromatic N) is 3. The van der Waals surface area contributed by atoms with Crippen LogP contribution in [0.5, 0.6) is 0 Å². The molecular weight excluding hydrogens is 374 g/mol. The van der Waals surface area contributed by atoms with Gasteiger partial charge in [-0.25, -0.2) is 4.98 Å². The highest BCUT2D eigenvalue weighted by Crippen LogP contribution is 2.30. The zero-order valence-corrected chi connectivity index (χ0v) is 15.7. The van der Waals surface area contributed by atoms with Crippen LogP contribution < -0.4 is 5.56 Å². The second-order valence-electron chi connectivity index (χ2n) is 5.94. The minimum Gasteiger partial charge on any atom is -0.291 e. The van der Waals surface area contributed by atoms with Gasteiger partial charge in [0.2, 0.25) is 0 Å². The fourth-order valence-corrected chi connectivity index (χ4v) is 3.64. The van der Waals surface area contributed by atoms with Gasteiger partial charge in [0, 0.05) is 0 Å². The Morgan fingerprint density at radius 1 is 1.26 bits per heavy atom. The average molecular weight is 392 g/mol. The lowest BCUT2D eigenvalue weighted by atomic mass is 10.1. The number of hydrogen-bond acceptors (Lipinski definition) is 4. The van der Waals surface area contributed by atoms with E-state index in [-0.39, 0.29) is 10.4 Å². The van der Waals surface area contributed by atoms with Crippen molar-refractivity contribution in [3.63, 3.8) is 0 Å². The van der Waals surface area contributed by atoms with Gasteiger partial charge in [-0.2, -0.15) is 4.37 Å². The molecule has 0 saturated carbocycles. The van der Waals surface area contributed by atoms with Crippen molar-refractivity contribution >= 4 is 37.7 Å². The summed E-state index contributed by atoms with van der Waals surface area (Å²) in [6, 6.07) is 9.99. The number of aryl methyl sites for hydroxylation is 1. The lowest BCUT2D eigenvalue weighted by Crippen LogP contribution is -2.27. The van der Waals surface area contributed by atoms with Gasteiger partial charge in [0.05, 0.1) is 22.5 Å². The molecule has 0 saturated heterocycles. The van der Waals surface area contributed by atoms with Crippen LogP contribution in [-0.2, 0) is 6.54 Å². The van der Waals surface area contributed by atoms with Crippen molar-refractivity contribution < 1.29 is 0 Å². The largest absolute Gasteiger partial charge is 0.291 e. The van der Waals surface area contributed by atoms with Gasteiger partial charge in [-0.05, 0) is 29.9 Å². The Morgan fingerprint density at radius 3 is 2.61 bits per heavy atom. The Hall–Kier alpha value is -1.53. The van der Waals surface area contributed by atoms with Crippen LogP contribution in [0.1, 0.15) is 35.8 Å². The molecule has 6 heteroatoms. The summed E-state index contributed by atoms with van der Waals surface area (Å²) >= 11 is 4.99. The van der Waals surface area contributed by atoms with Crippen LogP contribution in [-0.4, -0.2) is 13.9 Å². The van der Waals surface area contributed by atoms with Crippen LogP contribution in [0.2, 0.25) is 0 Å². The Bertz CT molecular complexity index is 886. The molecule has 1 aromatic carbocycles. The number of fused-ring (bicyclic) bond motifs is 1. The number of hydrogen-bond donors (Lipinski definition) is 0. The molecule has 0 bridgehead atoms. The monoisotopic (exact) mass is 391 g/mol. The van der Waals surface area contributed by atoms with Gasteiger partial charge in [0.25, 0.3) is 5.56 Å². The van der Waals surface area contributed by atoms with E-state index in [1.165, 1.54) is 11.5 Å². The predicted octanol–water partition coefficient (Wildman–Crippen LogP) is 4.30. The Labute approximate surface area is 147 Å². The number of benzene rings is 1. The lowest BCUT2D eigenvalue weighted by Gasteiger charge is -2.19. The van der Waals surface area contributed by atoms with Gasteiger partial charge in [-0.1, -0.05) is 60.1 Å². The Morgan fingerprint density at radius 2 is 1.96 bits per heavy atom. The van der Waals surface area contributed by atoms with Crippen molar-refractivity contribution in [2.24, 2.45) is 5.92 Å². The summed E-state index contributed by atoms with van der Waals surface area (Å²) in [6.07, 6.45) is 0. The average Bonchev–Trinajstić information content (AvgIpc) is 2.91. The van der Waals surface area contributed by atoms with Crippen molar-refractivity contribution in [3.8, 4) is 0 Å². The zero-order valence-electron chi connectivity index (χ0n) is 13.3. The fourth-order valence-electron chi connectivity index (χ4n) is 2.51. The highest BCUT2D eigenvalue weighted by Gasteiger charge is 2.22. The van der Waals surface area contributed by atoms with Crippen molar-refractivity contribution in [1.82, 2.24) is 13.9 Å². The standard InChI is InChI=1S/C17H18BrN3OS/c1-10(2)14(18)15-19-16-13(11(3)20-23-16)17(22)21(15)9-12-7-5-4-6-8-12/h4-8,10,14H,9H2,1-3H3/t14-/m1/s1. The van der Waals surface area contributed by atoms with Crippen molar-refractivity contribution in [1.29, 1.82) is 0 Å². The fraction of sp³-hybridized carbons (Fsp3) is 0.353. The maximum atomic E-state index is 13.0. The summed E-state index contributed by atoms with van der Waals surface area (Å²) in [4.78, 5) is 18.5. The summed E-state index contributed by atoms with van der Waals surface area (Å²) in [5.74, 6) is 1.10. The van der Waals surface area contributed by atoms with E-state index in [1.54, 1.807) is 4.57 Å². The highest BCUT2D eigenvalue weighted by atomic mass is 79.9. The van der Waals surface area contributed by atoms with Gasteiger partial charge in [0.1, 0.15) is 5.82 Å². The van der Waals surface area contributed by atoms with Crippen molar-refractivity contribution in [2.75, 3.05) is 0 Å². The molecule has 2 aromatic heterocycles. The lowest BCUT2D eigenvalue weighted by molar-refractivity contribution is 0.569. The molecule has 0 N–H and O–H groups in total. The normalized spacial score (nSPS) is 12.9. The van der Waals surface area contributed by atoms with E-state index < -0.39 is 0 Å². The molecule has 0 radical (unpaired) electrons. The van der Waals surface area contributed by atoms with E-state index in [0.29, 0.717) is 17.8 Å². The van der Waals surface area contributed by atoms with Crippen molar-refractivity contribution in [2.45, 2.75) is 32.1 Å². The minimum atomic E-state index is -0.00907. The molecule has 0 amide bonds. The van der Waals surface area contributed by atoms with E-state index >= 15 is 0 Å². The van der Waals surface area contributed by atoms with Crippen LogP contribution in [0.3, 0.4) is 0 Å². The summed E-state index contributed by atoms with van der Waals surface area (Å²) < 4.78 is 6.08. The van der Waals surface area contributed by atoms with Crippen LogP contribution in [0.25, 0.3) is 10.2 Å². The first-order valence-electron chi connectivity index (χ1n) is 7.53. The highest BCUT2D eigenvalue weighted by molar-refractivity contribution is 9.09. The molecule has 0 aliphatic rings. The number of aromatic nitrogens is 3. The molecule has 3 aromatic rings. The van der Waals surface area contributed by atoms with E-state index in [2.05, 4.69) is 34.2 Å². The van der Waals surface area contributed by atoms with Gasteiger partial charge in [0.15, 0.2) is 4.83 Å². The van der Waals surface area contributed by atoms with E-state index in [4.69, 9.17) is 4.98 Å². The minimum absolute atomic E-state index is 0.00907. The molecule has 0 aliphatic heterocycles. The molecule has 0 aliphatic carbocycles. The van der Waals surface area contributed by atoms with Gasteiger partial charge >= 0.3 is 0 Å². The van der Waals surface area contributed by atoms with Gasteiger partial charge in [-0.3, -0.25) is 9.36 Å². The smallest absolute Gasteiger partial charge is 0.264 e. The van der Waals surface area contributed by atoms with Crippen LogP contribution >= 0.6 is 27.5 Å². The summed E-state index contributed by atoms with van der Waals surface area (Å²) in [6.45, 7) is 6.60. The molecular formula is C17H18BrN3OS. The molecule has 1 atom stereocenters. The third-order valence-corrected chi connectivity index (χ3v) is 6.11. The first-order valence-corrected chi connectivity index (χ1v) is 9.22. The Kier molecular flexibility index (Phi) is 4.64. The van der Waals surface area contributed by atoms with Crippen LogP contribution in [0.15, 0.2) is 35.1 Å². The molecule has 2 heterocycles. The zero-order chi connectivity index (χ0) is 16.6. The van der Waals surface area contributed by atoms with Gasteiger partial charge in [-0.15, -0.1) is 0 Å². The number of halogens is 1. The molecule has 0 unspecified atom stereocenters.